The zero-order valence-electron chi connectivity index (χ0n) is 20.9. The highest BCUT2D eigenvalue weighted by Gasteiger charge is 2.50. The van der Waals surface area contributed by atoms with E-state index in [9.17, 15) is 19.5 Å². The van der Waals surface area contributed by atoms with Gasteiger partial charge in [-0.2, -0.15) is 0 Å². The van der Waals surface area contributed by atoms with Gasteiger partial charge in [-0.3, -0.25) is 14.4 Å². The highest BCUT2D eigenvalue weighted by molar-refractivity contribution is 6.30. The van der Waals surface area contributed by atoms with E-state index in [1.165, 1.54) is 0 Å². The molecule has 0 unspecified atom stereocenters. The molecule has 0 radical (unpaired) electrons. The number of carbonyl (C=O) groups is 3. The summed E-state index contributed by atoms with van der Waals surface area (Å²) in [6.07, 6.45) is 1.61. The van der Waals surface area contributed by atoms with Gasteiger partial charge in [0.1, 0.15) is 6.04 Å². The highest BCUT2D eigenvalue weighted by atomic mass is 35.5. The second-order valence-electron chi connectivity index (χ2n) is 10.8. The molecule has 3 amide bonds. The van der Waals surface area contributed by atoms with Crippen LogP contribution in [0.4, 0.5) is 0 Å². The molecule has 8 heteroatoms. The Hall–Kier alpha value is -2.12. The average Bonchev–Trinajstić information content (AvgIpc) is 2.78. The summed E-state index contributed by atoms with van der Waals surface area (Å²) in [6, 6.07) is 6.60. The molecule has 2 N–H and O–H groups in total. The number of nitrogens with zero attached hydrogens (tertiary/aromatic N) is 2. The zero-order valence-corrected chi connectivity index (χ0v) is 21.7. The molecule has 0 aliphatic carbocycles. The van der Waals surface area contributed by atoms with E-state index in [0.29, 0.717) is 50.5 Å². The van der Waals surface area contributed by atoms with Crippen molar-refractivity contribution >= 4 is 29.3 Å². The van der Waals surface area contributed by atoms with Crippen molar-refractivity contribution in [1.29, 1.82) is 0 Å². The van der Waals surface area contributed by atoms with Crippen LogP contribution in [0.1, 0.15) is 59.4 Å². The molecular formula is C26H38ClN3O4. The first kappa shape index (κ1) is 26.5. The van der Waals surface area contributed by atoms with Crippen LogP contribution in [0.5, 0.6) is 0 Å². The van der Waals surface area contributed by atoms with Gasteiger partial charge in [0.15, 0.2) is 0 Å². The maximum atomic E-state index is 13.5. The quantitative estimate of drug-likeness (QED) is 0.662. The number of halogens is 1. The maximum absolute atomic E-state index is 13.5. The normalized spacial score (nSPS) is 24.1. The van der Waals surface area contributed by atoms with Crippen LogP contribution in [-0.2, 0) is 20.0 Å². The van der Waals surface area contributed by atoms with Gasteiger partial charge in [0, 0.05) is 49.5 Å². The van der Waals surface area contributed by atoms with Gasteiger partial charge in [-0.25, -0.2) is 0 Å². The Kier molecular flexibility index (Phi) is 7.98. The summed E-state index contributed by atoms with van der Waals surface area (Å²) in [5.74, 6) is -0.480. The van der Waals surface area contributed by atoms with Crippen molar-refractivity contribution in [1.82, 2.24) is 15.1 Å². The van der Waals surface area contributed by atoms with Crippen LogP contribution in [0.15, 0.2) is 24.3 Å². The molecule has 1 aromatic carbocycles. The fourth-order valence-corrected chi connectivity index (χ4v) is 5.33. The third-order valence-electron chi connectivity index (χ3n) is 7.62. The van der Waals surface area contributed by atoms with Crippen LogP contribution in [0.3, 0.4) is 0 Å². The molecule has 2 fully saturated rings. The summed E-state index contributed by atoms with van der Waals surface area (Å²) in [6.45, 7) is 11.2. The molecule has 0 saturated carbocycles. The van der Waals surface area contributed by atoms with Gasteiger partial charge >= 0.3 is 0 Å². The minimum atomic E-state index is -1.09. The molecule has 2 atom stereocenters. The number of carbonyl (C=O) groups excluding carboxylic acids is 3. The summed E-state index contributed by atoms with van der Waals surface area (Å²) in [5, 5.41) is 15.2. The lowest BCUT2D eigenvalue weighted by Crippen LogP contribution is -2.61. The number of piperidine rings is 2. The van der Waals surface area contributed by atoms with Crippen LogP contribution in [-0.4, -0.2) is 64.8 Å². The number of likely N-dealkylation sites (tertiary alicyclic amines) is 2. The summed E-state index contributed by atoms with van der Waals surface area (Å²) in [5.41, 5.74) is -0.894. The smallest absolute Gasteiger partial charge is 0.245 e. The van der Waals surface area contributed by atoms with Gasteiger partial charge in [-0.1, -0.05) is 51.4 Å². The average molecular weight is 492 g/mol. The van der Waals surface area contributed by atoms with E-state index in [4.69, 9.17) is 11.6 Å². The molecular weight excluding hydrogens is 454 g/mol. The minimum absolute atomic E-state index is 0.0281. The molecule has 2 aliphatic rings. The number of benzene rings is 1. The molecule has 0 bridgehead atoms. The Morgan fingerprint density at radius 1 is 1.06 bits per heavy atom. The molecule has 0 spiro atoms. The number of hydrogen-bond acceptors (Lipinski definition) is 4. The molecule has 34 heavy (non-hydrogen) atoms. The van der Waals surface area contributed by atoms with Gasteiger partial charge in [0.05, 0.1) is 5.60 Å². The van der Waals surface area contributed by atoms with E-state index in [2.05, 4.69) is 5.32 Å². The van der Waals surface area contributed by atoms with Gasteiger partial charge < -0.3 is 20.2 Å². The van der Waals surface area contributed by atoms with E-state index in [0.717, 1.165) is 5.56 Å². The SMILES string of the molecule is CC(=O)N1CCC(C(=O)N[C@@H](C(=O)N2CC[C@](O)(c3ccc(Cl)cc3)C(C)(C)C2)C(C)C)CC1. The fourth-order valence-electron chi connectivity index (χ4n) is 5.21. The molecule has 2 heterocycles. The molecule has 1 aromatic rings. The molecule has 0 aromatic heterocycles. The van der Waals surface area contributed by atoms with Crippen molar-refractivity contribution in [2.75, 3.05) is 26.2 Å². The number of rotatable bonds is 5. The molecule has 3 rings (SSSR count). The first-order valence-electron chi connectivity index (χ1n) is 12.2. The highest BCUT2D eigenvalue weighted by Crippen LogP contribution is 2.46. The van der Waals surface area contributed by atoms with Crippen molar-refractivity contribution in [3.8, 4) is 0 Å². The van der Waals surface area contributed by atoms with Crippen molar-refractivity contribution < 1.29 is 19.5 Å². The summed E-state index contributed by atoms with van der Waals surface area (Å²) in [4.78, 5) is 41.6. The van der Waals surface area contributed by atoms with Crippen molar-refractivity contribution in [3.05, 3.63) is 34.9 Å². The lowest BCUT2D eigenvalue weighted by atomic mass is 9.66. The van der Waals surface area contributed by atoms with Crippen LogP contribution in [0, 0.1) is 17.3 Å². The Morgan fingerprint density at radius 3 is 2.15 bits per heavy atom. The monoisotopic (exact) mass is 491 g/mol. The Labute approximate surface area is 207 Å². The Morgan fingerprint density at radius 2 is 1.65 bits per heavy atom. The number of aliphatic hydroxyl groups is 1. The van der Waals surface area contributed by atoms with Gasteiger partial charge in [0.2, 0.25) is 17.7 Å². The van der Waals surface area contributed by atoms with Crippen LogP contribution in [0.25, 0.3) is 0 Å². The predicted octanol–water partition coefficient (Wildman–Crippen LogP) is 3.19. The van der Waals surface area contributed by atoms with E-state index in [1.807, 2.05) is 39.8 Å². The Balaban J connectivity index is 1.68. The first-order valence-corrected chi connectivity index (χ1v) is 12.6. The molecule has 2 saturated heterocycles. The minimum Gasteiger partial charge on any atom is -0.384 e. The summed E-state index contributed by atoms with van der Waals surface area (Å²) >= 11 is 6.03. The lowest BCUT2D eigenvalue weighted by molar-refractivity contribution is -0.157. The van der Waals surface area contributed by atoms with E-state index >= 15 is 0 Å². The fraction of sp³-hybridized carbons (Fsp3) is 0.654. The third kappa shape index (κ3) is 5.41. The van der Waals surface area contributed by atoms with Crippen LogP contribution in [0.2, 0.25) is 5.02 Å². The van der Waals surface area contributed by atoms with E-state index in [-0.39, 0.29) is 29.6 Å². The van der Waals surface area contributed by atoms with E-state index in [1.54, 1.807) is 28.9 Å². The van der Waals surface area contributed by atoms with Crippen molar-refractivity contribution in [2.45, 2.75) is 65.5 Å². The Bertz CT molecular complexity index is 909. The van der Waals surface area contributed by atoms with Gasteiger partial charge in [0.25, 0.3) is 0 Å². The number of hydrogen-bond donors (Lipinski definition) is 2. The van der Waals surface area contributed by atoms with Crippen molar-refractivity contribution in [2.24, 2.45) is 17.3 Å². The van der Waals surface area contributed by atoms with E-state index < -0.39 is 17.1 Å². The number of amides is 3. The van der Waals surface area contributed by atoms with Crippen LogP contribution >= 0.6 is 11.6 Å². The summed E-state index contributed by atoms with van der Waals surface area (Å²) in [7, 11) is 0. The van der Waals surface area contributed by atoms with Gasteiger partial charge in [-0.15, -0.1) is 0 Å². The van der Waals surface area contributed by atoms with Crippen molar-refractivity contribution in [3.63, 3.8) is 0 Å². The number of nitrogens with one attached hydrogen (secondary N) is 1. The standard InChI is InChI=1S/C26H38ClN3O4/c1-17(2)22(28-23(32)19-10-13-29(14-11-19)18(3)31)24(33)30-15-12-26(34,25(4,5)16-30)20-6-8-21(27)9-7-20/h6-9,17,19,22,34H,10-16H2,1-5H3,(H,28,32)/t22-,26+/m1/s1. The topological polar surface area (TPSA) is 90.0 Å². The lowest BCUT2D eigenvalue weighted by Gasteiger charge is -2.51. The predicted molar refractivity (Wildman–Crippen MR) is 132 cm³/mol. The second-order valence-corrected chi connectivity index (χ2v) is 11.2. The van der Waals surface area contributed by atoms with Crippen LogP contribution < -0.4 is 5.32 Å². The maximum Gasteiger partial charge on any atom is 0.245 e. The zero-order chi connectivity index (χ0) is 25.3. The summed E-state index contributed by atoms with van der Waals surface area (Å²) < 4.78 is 0. The first-order chi connectivity index (χ1) is 15.9. The largest absolute Gasteiger partial charge is 0.384 e. The molecule has 2 aliphatic heterocycles. The molecule has 7 nitrogen and oxygen atoms in total. The third-order valence-corrected chi connectivity index (χ3v) is 7.88. The van der Waals surface area contributed by atoms with Gasteiger partial charge in [-0.05, 0) is 42.9 Å². The second kappa shape index (κ2) is 10.2. The molecule has 188 valence electrons.